The molecular weight excluding hydrogens is 349 g/mol. The highest BCUT2D eigenvalue weighted by Crippen LogP contribution is 2.21. The van der Waals surface area contributed by atoms with E-state index in [1.165, 1.54) is 25.3 Å². The monoisotopic (exact) mass is 367 g/mol. The van der Waals surface area contributed by atoms with Crippen LogP contribution in [0.4, 0.5) is 10.1 Å². The zero-order valence-corrected chi connectivity index (χ0v) is 14.8. The number of nitrogens with zero attached hydrogens (tertiary/aromatic N) is 2. The fraction of sp³-hybridized carbons (Fsp3) is 0.150. The van der Waals surface area contributed by atoms with Crippen molar-refractivity contribution in [2.45, 2.75) is 13.0 Å². The summed E-state index contributed by atoms with van der Waals surface area (Å²) in [5.74, 6) is -0.0189. The molecule has 1 aromatic heterocycles. The maximum absolute atomic E-state index is 13.2. The van der Waals surface area contributed by atoms with Crippen molar-refractivity contribution in [2.75, 3.05) is 12.4 Å². The third-order valence-electron chi connectivity index (χ3n) is 3.78. The predicted octanol–water partition coefficient (Wildman–Crippen LogP) is 3.70. The molecule has 1 heterocycles. The van der Waals surface area contributed by atoms with E-state index in [-0.39, 0.29) is 5.91 Å². The van der Waals surface area contributed by atoms with Gasteiger partial charge in [0.1, 0.15) is 11.6 Å². The molecule has 2 aromatic carbocycles. The number of aromatic nitrogens is 2. The molecule has 3 aromatic rings. The lowest BCUT2D eigenvalue weighted by Crippen LogP contribution is -2.30. The molecule has 0 fully saturated rings. The molecule has 138 valence electrons. The van der Waals surface area contributed by atoms with Crippen LogP contribution in [0.25, 0.3) is 11.3 Å². The molecule has 27 heavy (non-hydrogen) atoms. The number of hydrogen-bond acceptors (Lipinski definition) is 5. The van der Waals surface area contributed by atoms with Crippen molar-refractivity contribution in [3.63, 3.8) is 0 Å². The third-order valence-corrected chi connectivity index (χ3v) is 3.78. The topological polar surface area (TPSA) is 73.3 Å². The lowest BCUT2D eigenvalue weighted by atomic mass is 10.1. The summed E-state index contributed by atoms with van der Waals surface area (Å²) in [4.78, 5) is 12.3. The van der Waals surface area contributed by atoms with Gasteiger partial charge >= 0.3 is 0 Å². The molecule has 3 rings (SSSR count). The number of nitrogens with one attached hydrogen (secondary N) is 1. The second-order valence-electron chi connectivity index (χ2n) is 5.74. The van der Waals surface area contributed by atoms with Gasteiger partial charge in [-0.3, -0.25) is 4.79 Å². The Bertz CT molecular complexity index is 915. The van der Waals surface area contributed by atoms with Crippen molar-refractivity contribution in [2.24, 2.45) is 0 Å². The molecule has 0 radical (unpaired) electrons. The number of benzene rings is 2. The number of hydrogen-bond donors (Lipinski definition) is 1. The number of amides is 1. The second kappa shape index (κ2) is 8.27. The Kier molecular flexibility index (Phi) is 5.61. The number of ether oxygens (including phenoxy) is 2. The summed E-state index contributed by atoms with van der Waals surface area (Å²) in [7, 11) is 1.53. The van der Waals surface area contributed by atoms with Gasteiger partial charge in [-0.2, -0.15) is 0 Å². The molecule has 6 nitrogen and oxygen atoms in total. The van der Waals surface area contributed by atoms with Crippen LogP contribution in [-0.4, -0.2) is 29.3 Å². The van der Waals surface area contributed by atoms with Crippen LogP contribution in [0.1, 0.15) is 6.92 Å². The number of halogens is 1. The summed E-state index contributed by atoms with van der Waals surface area (Å²) in [6.45, 7) is 1.60. The van der Waals surface area contributed by atoms with Crippen molar-refractivity contribution in [1.82, 2.24) is 10.2 Å². The molecule has 0 aliphatic rings. The zero-order chi connectivity index (χ0) is 19.2. The SMILES string of the molecule is COc1ccc(-c2ccc(NC(=O)C(C)Oc3cccc(F)c3)cc2)nn1. The summed E-state index contributed by atoms with van der Waals surface area (Å²) in [6.07, 6.45) is -0.779. The van der Waals surface area contributed by atoms with Crippen LogP contribution in [0.15, 0.2) is 60.7 Å². The summed E-state index contributed by atoms with van der Waals surface area (Å²) >= 11 is 0. The summed E-state index contributed by atoms with van der Waals surface area (Å²) in [6, 6.07) is 16.3. The molecule has 1 N–H and O–H groups in total. The largest absolute Gasteiger partial charge is 0.481 e. The van der Waals surface area contributed by atoms with E-state index in [1.54, 1.807) is 37.3 Å². The van der Waals surface area contributed by atoms with Crippen LogP contribution in [0, 0.1) is 5.82 Å². The zero-order valence-electron chi connectivity index (χ0n) is 14.8. The van der Waals surface area contributed by atoms with E-state index in [0.717, 1.165) is 5.56 Å². The third kappa shape index (κ3) is 4.78. The van der Waals surface area contributed by atoms with Gasteiger partial charge < -0.3 is 14.8 Å². The van der Waals surface area contributed by atoms with E-state index in [9.17, 15) is 9.18 Å². The van der Waals surface area contributed by atoms with Crippen molar-refractivity contribution < 1.29 is 18.7 Å². The second-order valence-corrected chi connectivity index (χ2v) is 5.74. The van der Waals surface area contributed by atoms with Crippen LogP contribution >= 0.6 is 0 Å². The molecule has 0 aliphatic heterocycles. The van der Waals surface area contributed by atoms with Crippen LogP contribution in [0.3, 0.4) is 0 Å². The fourth-order valence-electron chi connectivity index (χ4n) is 2.35. The average molecular weight is 367 g/mol. The first-order valence-electron chi connectivity index (χ1n) is 8.26. The van der Waals surface area contributed by atoms with Gasteiger partial charge in [0.25, 0.3) is 5.91 Å². The van der Waals surface area contributed by atoms with Gasteiger partial charge in [-0.05, 0) is 37.3 Å². The van der Waals surface area contributed by atoms with E-state index >= 15 is 0 Å². The first kappa shape index (κ1) is 18.3. The average Bonchev–Trinajstić information content (AvgIpc) is 2.68. The number of methoxy groups -OCH3 is 1. The fourth-order valence-corrected chi connectivity index (χ4v) is 2.35. The molecule has 0 spiro atoms. The lowest BCUT2D eigenvalue weighted by Gasteiger charge is -2.15. The van der Waals surface area contributed by atoms with Gasteiger partial charge in [0.05, 0.1) is 12.8 Å². The first-order chi connectivity index (χ1) is 13.0. The molecular formula is C20H18FN3O3. The molecule has 0 saturated heterocycles. The van der Waals surface area contributed by atoms with E-state index in [1.807, 2.05) is 12.1 Å². The Hall–Kier alpha value is -3.48. The molecule has 1 atom stereocenters. The highest BCUT2D eigenvalue weighted by Gasteiger charge is 2.15. The van der Waals surface area contributed by atoms with Gasteiger partial charge in [0.15, 0.2) is 6.10 Å². The van der Waals surface area contributed by atoms with Crippen molar-refractivity contribution in [3.8, 4) is 22.9 Å². The van der Waals surface area contributed by atoms with E-state index in [4.69, 9.17) is 9.47 Å². The molecule has 0 saturated carbocycles. The van der Waals surface area contributed by atoms with Crippen LogP contribution < -0.4 is 14.8 Å². The highest BCUT2D eigenvalue weighted by atomic mass is 19.1. The molecule has 0 bridgehead atoms. The van der Waals surface area contributed by atoms with Gasteiger partial charge in [-0.15, -0.1) is 10.2 Å². The van der Waals surface area contributed by atoms with E-state index < -0.39 is 11.9 Å². The Morgan fingerprint density at radius 2 is 1.85 bits per heavy atom. The predicted molar refractivity (Wildman–Crippen MR) is 99.1 cm³/mol. The molecule has 7 heteroatoms. The maximum Gasteiger partial charge on any atom is 0.265 e. The number of carbonyl (C=O) groups is 1. The first-order valence-corrected chi connectivity index (χ1v) is 8.26. The minimum absolute atomic E-state index is 0.297. The van der Waals surface area contributed by atoms with Gasteiger partial charge in [0, 0.05) is 23.4 Å². The molecule has 0 aliphatic carbocycles. The van der Waals surface area contributed by atoms with Crippen molar-refractivity contribution in [1.29, 1.82) is 0 Å². The van der Waals surface area contributed by atoms with Crippen molar-refractivity contribution >= 4 is 11.6 Å². The quantitative estimate of drug-likeness (QED) is 0.719. The standard InChI is InChI=1S/C20H18FN3O3/c1-13(27-17-5-3-4-15(21)12-17)20(25)22-16-8-6-14(7-9-16)18-10-11-19(26-2)24-23-18/h3-13H,1-2H3,(H,22,25). The van der Waals surface area contributed by atoms with Crippen LogP contribution in [0.2, 0.25) is 0 Å². The maximum atomic E-state index is 13.2. The summed E-state index contributed by atoms with van der Waals surface area (Å²) < 4.78 is 23.6. The van der Waals surface area contributed by atoms with Gasteiger partial charge in [0.2, 0.25) is 5.88 Å². The van der Waals surface area contributed by atoms with E-state index in [0.29, 0.717) is 23.0 Å². The molecule has 1 amide bonds. The minimum Gasteiger partial charge on any atom is -0.481 e. The number of carbonyl (C=O) groups excluding carboxylic acids is 1. The van der Waals surface area contributed by atoms with Crippen LogP contribution in [0.5, 0.6) is 11.6 Å². The highest BCUT2D eigenvalue weighted by molar-refractivity contribution is 5.94. The van der Waals surface area contributed by atoms with Crippen molar-refractivity contribution in [3.05, 3.63) is 66.5 Å². The van der Waals surface area contributed by atoms with Gasteiger partial charge in [-0.25, -0.2) is 4.39 Å². The Balaban J connectivity index is 1.62. The Morgan fingerprint density at radius 3 is 2.48 bits per heavy atom. The normalized spacial score (nSPS) is 11.5. The Labute approximate surface area is 156 Å². The summed E-state index contributed by atoms with van der Waals surface area (Å²) in [5.41, 5.74) is 2.16. The number of rotatable bonds is 6. The molecule has 1 unspecified atom stereocenters. The minimum atomic E-state index is -0.779. The smallest absolute Gasteiger partial charge is 0.265 e. The van der Waals surface area contributed by atoms with Gasteiger partial charge in [-0.1, -0.05) is 18.2 Å². The summed E-state index contributed by atoms with van der Waals surface area (Å²) in [5, 5.41) is 10.8. The van der Waals surface area contributed by atoms with E-state index in [2.05, 4.69) is 15.5 Å². The lowest BCUT2D eigenvalue weighted by molar-refractivity contribution is -0.122. The number of anilines is 1. The Morgan fingerprint density at radius 1 is 1.07 bits per heavy atom. The van der Waals surface area contributed by atoms with Crippen LogP contribution in [-0.2, 0) is 4.79 Å².